The van der Waals surface area contributed by atoms with E-state index in [9.17, 15) is 14.9 Å². The third-order valence-electron chi connectivity index (χ3n) is 2.02. The van der Waals surface area contributed by atoms with Crippen molar-refractivity contribution in [3.63, 3.8) is 0 Å². The van der Waals surface area contributed by atoms with Gasteiger partial charge in [-0.25, -0.2) is 0 Å². The van der Waals surface area contributed by atoms with Crippen LogP contribution in [0, 0.1) is 10.1 Å². The zero-order valence-electron chi connectivity index (χ0n) is 8.20. The van der Waals surface area contributed by atoms with Gasteiger partial charge in [-0.3, -0.25) is 14.9 Å². The van der Waals surface area contributed by atoms with Gasteiger partial charge in [0.2, 0.25) is 4.69 Å². The molecule has 15 heavy (non-hydrogen) atoms. The van der Waals surface area contributed by atoms with Crippen molar-refractivity contribution >= 4 is 26.3 Å². The minimum absolute atomic E-state index is 0.0781. The SMILES string of the molecule is CCCc1cc(C(=O)Br)ccc1[N+](=O)[O-]. The Kier molecular flexibility index (Phi) is 3.96. The molecule has 0 saturated heterocycles. The fourth-order valence-electron chi connectivity index (χ4n) is 1.36. The first-order valence-corrected chi connectivity index (χ1v) is 5.32. The fraction of sp³-hybridized carbons (Fsp3) is 0.300. The van der Waals surface area contributed by atoms with Gasteiger partial charge in [-0.1, -0.05) is 13.3 Å². The van der Waals surface area contributed by atoms with E-state index >= 15 is 0 Å². The Hall–Kier alpha value is -1.23. The molecule has 0 N–H and O–H groups in total. The number of nitro benzene ring substituents is 1. The van der Waals surface area contributed by atoms with Crippen molar-refractivity contribution in [2.75, 3.05) is 0 Å². The highest BCUT2D eigenvalue weighted by Crippen LogP contribution is 2.22. The normalized spacial score (nSPS) is 10.0. The molecule has 5 heteroatoms. The molecule has 0 saturated carbocycles. The maximum absolute atomic E-state index is 11.0. The quantitative estimate of drug-likeness (QED) is 0.480. The van der Waals surface area contributed by atoms with Crippen molar-refractivity contribution in [3.05, 3.63) is 39.4 Å². The molecule has 0 unspecified atom stereocenters. The lowest BCUT2D eigenvalue weighted by Crippen LogP contribution is -1.98. The molecule has 4 nitrogen and oxygen atoms in total. The lowest BCUT2D eigenvalue weighted by molar-refractivity contribution is -0.385. The second kappa shape index (κ2) is 5.02. The van der Waals surface area contributed by atoms with Crippen LogP contribution in [0.5, 0.6) is 0 Å². The van der Waals surface area contributed by atoms with Gasteiger partial charge in [0.15, 0.2) is 0 Å². The fourth-order valence-corrected chi connectivity index (χ4v) is 1.60. The predicted octanol–water partition coefficient (Wildman–Crippen LogP) is 3.08. The van der Waals surface area contributed by atoms with E-state index in [-0.39, 0.29) is 10.4 Å². The third kappa shape index (κ3) is 2.86. The Balaban J connectivity index is 3.20. The first-order valence-electron chi connectivity index (χ1n) is 4.53. The maximum atomic E-state index is 11.0. The van der Waals surface area contributed by atoms with E-state index in [2.05, 4.69) is 15.9 Å². The Labute approximate surface area is 95.6 Å². The van der Waals surface area contributed by atoms with Crippen LogP contribution in [0.1, 0.15) is 29.3 Å². The monoisotopic (exact) mass is 271 g/mol. The Morgan fingerprint density at radius 1 is 1.53 bits per heavy atom. The average molecular weight is 272 g/mol. The number of nitro groups is 1. The molecule has 0 radical (unpaired) electrons. The van der Waals surface area contributed by atoms with Crippen LogP contribution in [-0.2, 0) is 6.42 Å². The molecule has 0 aliphatic heterocycles. The van der Waals surface area contributed by atoms with Crippen molar-refractivity contribution in [2.24, 2.45) is 0 Å². The minimum Gasteiger partial charge on any atom is -0.281 e. The largest absolute Gasteiger partial charge is 0.281 e. The predicted molar refractivity (Wildman–Crippen MR) is 60.3 cm³/mol. The highest BCUT2D eigenvalue weighted by molar-refractivity contribution is 9.18. The molecule has 0 aliphatic rings. The number of rotatable bonds is 4. The van der Waals surface area contributed by atoms with E-state index in [4.69, 9.17) is 0 Å². The van der Waals surface area contributed by atoms with E-state index in [1.165, 1.54) is 12.1 Å². The summed E-state index contributed by atoms with van der Waals surface area (Å²) in [7, 11) is 0. The molecule has 0 heterocycles. The van der Waals surface area contributed by atoms with Crippen LogP contribution in [0.2, 0.25) is 0 Å². The number of benzene rings is 1. The highest BCUT2D eigenvalue weighted by atomic mass is 79.9. The number of carbonyl (C=O) groups excluding carboxylic acids is 1. The summed E-state index contributed by atoms with van der Waals surface area (Å²) in [5, 5.41) is 10.7. The molecule has 0 fully saturated rings. The second-order valence-electron chi connectivity index (χ2n) is 3.12. The number of aryl methyl sites for hydroxylation is 1. The smallest absolute Gasteiger partial charge is 0.272 e. The van der Waals surface area contributed by atoms with Crippen molar-refractivity contribution in [3.8, 4) is 0 Å². The summed E-state index contributed by atoms with van der Waals surface area (Å²) >= 11 is 2.82. The van der Waals surface area contributed by atoms with E-state index in [0.29, 0.717) is 17.5 Å². The number of nitrogens with zero attached hydrogens (tertiary/aromatic N) is 1. The molecule has 0 atom stereocenters. The molecular weight excluding hydrogens is 262 g/mol. The van der Waals surface area contributed by atoms with Gasteiger partial charge in [-0.2, -0.15) is 0 Å². The average Bonchev–Trinajstić information content (AvgIpc) is 2.17. The van der Waals surface area contributed by atoms with Crippen LogP contribution in [0.3, 0.4) is 0 Å². The summed E-state index contributed by atoms with van der Waals surface area (Å²) in [6.45, 7) is 1.94. The van der Waals surface area contributed by atoms with Crippen LogP contribution < -0.4 is 0 Å². The molecule has 0 aliphatic carbocycles. The summed E-state index contributed by atoms with van der Waals surface area (Å²) in [5.41, 5.74) is 1.13. The van der Waals surface area contributed by atoms with Crippen LogP contribution in [0.25, 0.3) is 0 Å². The zero-order valence-corrected chi connectivity index (χ0v) is 9.78. The van der Waals surface area contributed by atoms with E-state index < -0.39 is 4.92 Å². The van der Waals surface area contributed by atoms with Gasteiger partial charge in [-0.05, 0) is 34.5 Å². The summed E-state index contributed by atoms with van der Waals surface area (Å²) < 4.78 is -0.255. The van der Waals surface area contributed by atoms with Crippen LogP contribution >= 0.6 is 15.9 Å². The van der Waals surface area contributed by atoms with Gasteiger partial charge in [-0.15, -0.1) is 0 Å². The number of carbonyl (C=O) groups is 1. The Bertz CT molecular complexity index is 404. The van der Waals surface area contributed by atoms with Crippen molar-refractivity contribution < 1.29 is 9.72 Å². The summed E-state index contributed by atoms with van der Waals surface area (Å²) in [5.74, 6) is 0. The first kappa shape index (κ1) is 11.8. The molecule has 1 aromatic carbocycles. The molecule has 0 aromatic heterocycles. The van der Waals surface area contributed by atoms with E-state index in [0.717, 1.165) is 6.42 Å². The molecule has 0 bridgehead atoms. The maximum Gasteiger partial charge on any atom is 0.272 e. The Morgan fingerprint density at radius 2 is 2.20 bits per heavy atom. The number of hydrogen-bond acceptors (Lipinski definition) is 3. The number of halogens is 1. The standard InChI is InChI=1S/C10H10BrNO3/c1-2-3-7-6-8(10(11)13)4-5-9(7)12(14)15/h4-6H,2-3H2,1H3. The second-order valence-corrected chi connectivity index (χ2v) is 3.84. The van der Waals surface area contributed by atoms with Crippen LogP contribution in [-0.4, -0.2) is 9.62 Å². The molecule has 0 spiro atoms. The topological polar surface area (TPSA) is 60.2 Å². The van der Waals surface area contributed by atoms with Gasteiger partial charge in [0.05, 0.1) is 4.92 Å². The molecule has 80 valence electrons. The summed E-state index contributed by atoms with van der Waals surface area (Å²) in [4.78, 5) is 21.3. The van der Waals surface area contributed by atoms with Crippen molar-refractivity contribution in [2.45, 2.75) is 19.8 Å². The van der Waals surface area contributed by atoms with E-state index in [1.807, 2.05) is 6.92 Å². The van der Waals surface area contributed by atoms with Crippen molar-refractivity contribution in [1.82, 2.24) is 0 Å². The molecule has 0 amide bonds. The molecule has 1 aromatic rings. The van der Waals surface area contributed by atoms with Gasteiger partial charge in [0, 0.05) is 17.2 Å². The lowest BCUT2D eigenvalue weighted by atomic mass is 10.1. The molecule has 1 rings (SSSR count). The van der Waals surface area contributed by atoms with Gasteiger partial charge < -0.3 is 0 Å². The zero-order chi connectivity index (χ0) is 11.4. The van der Waals surface area contributed by atoms with Crippen molar-refractivity contribution in [1.29, 1.82) is 0 Å². The molecular formula is C10H10BrNO3. The number of hydrogen-bond donors (Lipinski definition) is 0. The summed E-state index contributed by atoms with van der Waals surface area (Å²) in [6.07, 6.45) is 1.41. The highest BCUT2D eigenvalue weighted by Gasteiger charge is 2.14. The Morgan fingerprint density at radius 3 is 2.67 bits per heavy atom. The third-order valence-corrected chi connectivity index (χ3v) is 2.48. The van der Waals surface area contributed by atoms with Crippen LogP contribution in [0.15, 0.2) is 18.2 Å². The lowest BCUT2D eigenvalue weighted by Gasteiger charge is -2.02. The first-order chi connectivity index (χ1) is 7.06. The summed E-state index contributed by atoms with van der Waals surface area (Å²) in [6, 6.07) is 4.40. The van der Waals surface area contributed by atoms with Crippen LogP contribution in [0.4, 0.5) is 5.69 Å². The van der Waals surface area contributed by atoms with E-state index in [1.54, 1.807) is 6.07 Å². The van der Waals surface area contributed by atoms with Gasteiger partial charge in [0.1, 0.15) is 0 Å². The van der Waals surface area contributed by atoms with Gasteiger partial charge >= 0.3 is 0 Å². The van der Waals surface area contributed by atoms with Gasteiger partial charge in [0.25, 0.3) is 5.69 Å². The minimum atomic E-state index is -0.423.